The van der Waals surface area contributed by atoms with Gasteiger partial charge in [0.25, 0.3) is 0 Å². The van der Waals surface area contributed by atoms with Gasteiger partial charge in [-0.3, -0.25) is 5.41 Å². The van der Waals surface area contributed by atoms with Gasteiger partial charge in [-0.1, -0.05) is 24.3 Å². The second-order valence-electron chi connectivity index (χ2n) is 4.16. The van der Waals surface area contributed by atoms with Gasteiger partial charge in [-0.2, -0.15) is 10.5 Å². The lowest BCUT2D eigenvalue weighted by molar-refractivity contribution is 0.347. The van der Waals surface area contributed by atoms with E-state index in [0.29, 0.717) is 5.57 Å². The topological polar surface area (TPSA) is 71.4 Å². The first-order valence-electron chi connectivity index (χ1n) is 4.77. The maximum absolute atomic E-state index is 9.30. The fourth-order valence-corrected chi connectivity index (χ4v) is 3.12. The van der Waals surface area contributed by atoms with Crippen molar-refractivity contribution in [3.63, 3.8) is 0 Å². The Morgan fingerprint density at radius 3 is 1.67 bits per heavy atom. The molecule has 0 amide bonds. The van der Waals surface area contributed by atoms with Crippen molar-refractivity contribution in [1.29, 1.82) is 15.9 Å². The zero-order valence-electron chi connectivity index (χ0n) is 7.86. The Bertz CT molecular complexity index is 494. The van der Waals surface area contributed by atoms with Gasteiger partial charge in [0.2, 0.25) is 0 Å². The average Bonchev–Trinajstić information content (AvgIpc) is 2.97. The van der Waals surface area contributed by atoms with Crippen LogP contribution in [0, 0.1) is 50.7 Å². The molecule has 4 rings (SSSR count). The molecule has 2 bridgehead atoms. The molecule has 15 heavy (non-hydrogen) atoms. The van der Waals surface area contributed by atoms with Crippen LogP contribution in [0.15, 0.2) is 29.9 Å². The number of hydrogen-bond donors (Lipinski definition) is 1. The summed E-state index contributed by atoms with van der Waals surface area (Å²) < 4.78 is 0. The molecule has 0 aromatic heterocycles. The third-order valence-corrected chi connectivity index (χ3v) is 3.88. The molecule has 2 atom stereocenters. The molecule has 0 heterocycles. The molecule has 4 aliphatic carbocycles. The molecule has 3 heteroatoms. The molecule has 1 saturated carbocycles. The number of nitrogens with zero attached hydrogens (tertiary/aromatic N) is 2. The predicted molar refractivity (Wildman–Crippen MR) is 52.6 cm³/mol. The van der Waals surface area contributed by atoms with Crippen molar-refractivity contribution in [1.82, 2.24) is 0 Å². The van der Waals surface area contributed by atoms with Crippen molar-refractivity contribution in [2.45, 2.75) is 0 Å². The summed E-state index contributed by atoms with van der Waals surface area (Å²) in [5.74, 6) is 2.20. The van der Waals surface area contributed by atoms with Gasteiger partial charge in [0.1, 0.15) is 10.8 Å². The molecule has 1 N–H and O–H groups in total. The van der Waals surface area contributed by atoms with Crippen LogP contribution >= 0.6 is 0 Å². The van der Waals surface area contributed by atoms with Crippen LogP contribution in [0.4, 0.5) is 0 Å². The maximum Gasteiger partial charge on any atom is 0.122 e. The van der Waals surface area contributed by atoms with Gasteiger partial charge in [0.15, 0.2) is 0 Å². The zero-order chi connectivity index (χ0) is 10.7. The van der Waals surface area contributed by atoms with E-state index in [0.717, 1.165) is 0 Å². The molecular formula is C12H7N3. The Labute approximate surface area is 87.1 Å². The van der Waals surface area contributed by atoms with Crippen LogP contribution in [-0.4, -0.2) is 5.87 Å². The van der Waals surface area contributed by atoms with Crippen LogP contribution in [0.2, 0.25) is 0 Å². The van der Waals surface area contributed by atoms with Crippen molar-refractivity contribution < 1.29 is 0 Å². The summed E-state index contributed by atoms with van der Waals surface area (Å²) in [7, 11) is 0. The normalized spacial score (nSPS) is 47.7. The molecule has 0 aromatic carbocycles. The van der Waals surface area contributed by atoms with Crippen molar-refractivity contribution >= 4 is 5.87 Å². The number of rotatable bonds is 0. The van der Waals surface area contributed by atoms with Crippen LogP contribution in [0.3, 0.4) is 0 Å². The van der Waals surface area contributed by atoms with E-state index in [2.05, 4.69) is 18.0 Å². The smallest absolute Gasteiger partial charge is 0.122 e. The summed E-state index contributed by atoms with van der Waals surface area (Å²) in [5, 5.41) is 25.8. The van der Waals surface area contributed by atoms with E-state index in [9.17, 15) is 10.5 Å². The summed E-state index contributed by atoms with van der Waals surface area (Å²) in [4.78, 5) is 0. The molecule has 0 unspecified atom stereocenters. The summed E-state index contributed by atoms with van der Waals surface area (Å²) in [6.07, 6.45) is 7.86. The summed E-state index contributed by atoms with van der Waals surface area (Å²) >= 11 is 0. The van der Waals surface area contributed by atoms with E-state index in [-0.39, 0.29) is 11.8 Å². The lowest BCUT2D eigenvalue weighted by Crippen LogP contribution is -2.31. The first-order chi connectivity index (χ1) is 7.27. The predicted octanol–water partition coefficient (Wildman–Crippen LogP) is 1.57. The second-order valence-corrected chi connectivity index (χ2v) is 4.16. The third-order valence-electron chi connectivity index (χ3n) is 3.88. The molecule has 3 nitrogen and oxygen atoms in total. The Hall–Kier alpha value is -2.09. The molecule has 0 saturated heterocycles. The minimum atomic E-state index is -0.794. The van der Waals surface area contributed by atoms with E-state index < -0.39 is 10.8 Å². The van der Waals surface area contributed by atoms with Gasteiger partial charge in [-0.25, -0.2) is 0 Å². The highest BCUT2D eigenvalue weighted by Gasteiger charge is 2.82. The highest BCUT2D eigenvalue weighted by Crippen LogP contribution is 2.78. The van der Waals surface area contributed by atoms with Gasteiger partial charge in [-0.15, -0.1) is 0 Å². The van der Waals surface area contributed by atoms with Crippen LogP contribution in [0.1, 0.15) is 0 Å². The van der Waals surface area contributed by atoms with Gasteiger partial charge in [0, 0.05) is 17.4 Å². The molecule has 4 aliphatic rings. The lowest BCUT2D eigenvalue weighted by Gasteiger charge is -2.31. The number of nitriles is 2. The van der Waals surface area contributed by atoms with Crippen LogP contribution in [-0.2, 0) is 0 Å². The Kier molecular flexibility index (Phi) is 1.16. The Balaban J connectivity index is 2.36. The molecule has 70 valence electrons. The first kappa shape index (κ1) is 8.24. The van der Waals surface area contributed by atoms with Gasteiger partial charge in [0.05, 0.1) is 12.1 Å². The average molecular weight is 193 g/mol. The molecule has 0 radical (unpaired) electrons. The maximum atomic E-state index is 9.30. The van der Waals surface area contributed by atoms with Crippen molar-refractivity contribution in [2.75, 3.05) is 0 Å². The summed E-state index contributed by atoms with van der Waals surface area (Å²) in [6, 6.07) is 4.47. The largest absolute Gasteiger partial charge is 0.259 e. The first-order valence-corrected chi connectivity index (χ1v) is 4.77. The molecular weight excluding hydrogens is 186 g/mol. The SMILES string of the molecule is N#C[C@@]12C(=C=N)[C@]1(C#N)C1C=CC2C=C1. The lowest BCUT2D eigenvalue weighted by atomic mass is 9.67. The van der Waals surface area contributed by atoms with Crippen molar-refractivity contribution in [3.05, 3.63) is 29.9 Å². The van der Waals surface area contributed by atoms with E-state index in [4.69, 9.17) is 5.41 Å². The fourth-order valence-electron chi connectivity index (χ4n) is 3.12. The Morgan fingerprint density at radius 2 is 1.40 bits per heavy atom. The standard InChI is InChI=1S/C12H7N3/c13-5-10-11(6-14)8-1-2-9(4-3-8)12(10,11)7-15/h1-4,8-9,13H/t8?,9?,11-,12+. The van der Waals surface area contributed by atoms with E-state index in [1.807, 2.05) is 24.3 Å². The minimum Gasteiger partial charge on any atom is -0.259 e. The van der Waals surface area contributed by atoms with Crippen LogP contribution in [0.25, 0.3) is 0 Å². The minimum absolute atomic E-state index is 0.0556. The number of allylic oxidation sites excluding steroid dienone is 5. The van der Waals surface area contributed by atoms with Crippen LogP contribution < -0.4 is 0 Å². The number of nitrogens with one attached hydrogen (secondary N) is 1. The van der Waals surface area contributed by atoms with E-state index >= 15 is 0 Å². The molecule has 0 aromatic rings. The van der Waals surface area contributed by atoms with Crippen molar-refractivity contribution in [2.24, 2.45) is 22.7 Å². The Morgan fingerprint density at radius 1 is 1.00 bits per heavy atom. The highest BCUT2D eigenvalue weighted by atomic mass is 14.8. The highest BCUT2D eigenvalue weighted by molar-refractivity contribution is 5.79. The monoisotopic (exact) mass is 193 g/mol. The molecule has 1 fully saturated rings. The summed E-state index contributed by atoms with van der Waals surface area (Å²) in [5.41, 5.74) is -1.03. The van der Waals surface area contributed by atoms with Crippen LogP contribution in [0.5, 0.6) is 0 Å². The fraction of sp³-hybridized carbons (Fsp3) is 0.333. The van der Waals surface area contributed by atoms with E-state index in [1.165, 1.54) is 0 Å². The van der Waals surface area contributed by atoms with Gasteiger partial charge < -0.3 is 0 Å². The summed E-state index contributed by atoms with van der Waals surface area (Å²) in [6.45, 7) is 0. The van der Waals surface area contributed by atoms with Crippen molar-refractivity contribution in [3.8, 4) is 12.1 Å². The van der Waals surface area contributed by atoms with E-state index in [1.54, 1.807) is 0 Å². The molecule has 0 spiro atoms. The van der Waals surface area contributed by atoms with Gasteiger partial charge in [-0.05, 0) is 5.87 Å². The zero-order valence-corrected chi connectivity index (χ0v) is 7.86. The quantitative estimate of drug-likeness (QED) is 0.468. The van der Waals surface area contributed by atoms with Gasteiger partial charge >= 0.3 is 0 Å². The second kappa shape index (κ2) is 2.11. The molecule has 0 aliphatic heterocycles. The third kappa shape index (κ3) is 0.532. The number of hydrogen-bond acceptors (Lipinski definition) is 3.